The van der Waals surface area contributed by atoms with Crippen LogP contribution in [0.1, 0.15) is 15.9 Å². The van der Waals surface area contributed by atoms with Gasteiger partial charge in [-0.15, -0.1) is 0 Å². The third kappa shape index (κ3) is 4.95. The highest BCUT2D eigenvalue weighted by Gasteiger charge is 2.23. The average molecular weight is 402 g/mol. The second-order valence-corrected chi connectivity index (χ2v) is 8.48. The number of amides is 2. The Kier molecular flexibility index (Phi) is 5.46. The Morgan fingerprint density at radius 3 is 2.54 bits per heavy atom. The van der Waals surface area contributed by atoms with Crippen LogP contribution in [0.4, 0.5) is 11.4 Å². The van der Waals surface area contributed by atoms with Crippen LogP contribution in [0.15, 0.2) is 42.5 Å². The second kappa shape index (κ2) is 7.81. The van der Waals surface area contributed by atoms with Crippen LogP contribution in [0.25, 0.3) is 0 Å². The maximum absolute atomic E-state index is 12.3. The number of ether oxygens (including phenoxy) is 1. The topological polar surface area (TPSA) is 119 Å². The zero-order chi connectivity index (χ0) is 20.3. The quantitative estimate of drug-likeness (QED) is 0.708. The van der Waals surface area contributed by atoms with E-state index in [0.29, 0.717) is 17.1 Å². The molecule has 2 aromatic carbocycles. The number of aryl methyl sites for hydroxylation is 1. The number of fused-ring (bicyclic) bond motifs is 1. The zero-order valence-corrected chi connectivity index (χ0v) is 15.8. The maximum atomic E-state index is 12.3. The fourth-order valence-electron chi connectivity index (χ4n) is 2.62. The zero-order valence-electron chi connectivity index (χ0n) is 15.0. The van der Waals surface area contributed by atoms with E-state index >= 15 is 0 Å². The third-order valence-corrected chi connectivity index (χ3v) is 5.38. The number of benzene rings is 2. The minimum absolute atomic E-state index is 0.104. The minimum Gasteiger partial charge on any atom is -0.482 e. The molecule has 3 rings (SSSR count). The van der Waals surface area contributed by atoms with Crippen LogP contribution in [0, 0.1) is 6.92 Å². The molecule has 2 amide bonds. The fourth-order valence-corrected chi connectivity index (χ4v) is 3.76. The highest BCUT2D eigenvalue weighted by atomic mass is 32.2. The van der Waals surface area contributed by atoms with Gasteiger partial charge in [0.05, 0.1) is 5.69 Å². The van der Waals surface area contributed by atoms with Crippen molar-refractivity contribution in [3.05, 3.63) is 53.6 Å². The molecule has 0 saturated carbocycles. The molecule has 1 heterocycles. The number of rotatable bonds is 6. The number of hydrogen-bond donors (Lipinski definition) is 2. The minimum atomic E-state index is -3.97. The van der Waals surface area contributed by atoms with Crippen molar-refractivity contribution in [2.45, 2.75) is 6.92 Å². The first-order valence-electron chi connectivity index (χ1n) is 8.39. The molecule has 0 radical (unpaired) electrons. The molecular formula is C19H18N2O6S. The number of ketones is 1. The normalized spacial score (nSPS) is 13.1. The van der Waals surface area contributed by atoms with Crippen LogP contribution in [0.5, 0.6) is 5.75 Å². The molecule has 2 aromatic rings. The van der Waals surface area contributed by atoms with Gasteiger partial charge in [0.15, 0.2) is 22.2 Å². The van der Waals surface area contributed by atoms with Gasteiger partial charge in [0, 0.05) is 11.3 Å². The fraction of sp³-hybridized carbons (Fsp3) is 0.211. The summed E-state index contributed by atoms with van der Waals surface area (Å²) < 4.78 is 29.7. The molecule has 0 unspecified atom stereocenters. The van der Waals surface area contributed by atoms with Gasteiger partial charge in [0.2, 0.25) is 5.91 Å². The molecule has 1 aliphatic heterocycles. The average Bonchev–Trinajstić information content (AvgIpc) is 2.62. The van der Waals surface area contributed by atoms with E-state index in [-0.39, 0.29) is 18.1 Å². The molecule has 146 valence electrons. The van der Waals surface area contributed by atoms with Gasteiger partial charge >= 0.3 is 0 Å². The summed E-state index contributed by atoms with van der Waals surface area (Å²) in [5, 5.41) is 5.04. The molecule has 9 heteroatoms. The Morgan fingerprint density at radius 2 is 1.82 bits per heavy atom. The highest BCUT2D eigenvalue weighted by molar-refractivity contribution is 7.92. The van der Waals surface area contributed by atoms with Gasteiger partial charge in [0.25, 0.3) is 5.91 Å². The number of anilines is 2. The Bertz CT molecular complexity index is 1040. The molecule has 0 aliphatic carbocycles. The van der Waals surface area contributed by atoms with Crippen LogP contribution in [0.2, 0.25) is 0 Å². The summed E-state index contributed by atoms with van der Waals surface area (Å²) in [7, 11) is -3.97. The Labute approximate surface area is 161 Å². The largest absolute Gasteiger partial charge is 0.482 e. The summed E-state index contributed by atoms with van der Waals surface area (Å²) in [6.45, 7) is 1.77. The Balaban J connectivity index is 1.64. The standard InChI is InChI=1S/C19H18N2O6S/c1-12-2-5-14(6-3-12)20-19(24)11-28(25,26)10-16(22)13-4-7-17-15(8-13)21-18(23)9-27-17/h2-8H,9-11H2,1H3,(H,20,24)(H,21,23). The second-order valence-electron chi connectivity index (χ2n) is 6.42. The van der Waals surface area contributed by atoms with Crippen LogP contribution in [0.3, 0.4) is 0 Å². The van der Waals surface area contributed by atoms with Crippen molar-refractivity contribution < 1.29 is 27.5 Å². The van der Waals surface area contributed by atoms with E-state index < -0.39 is 33.0 Å². The summed E-state index contributed by atoms with van der Waals surface area (Å²) in [6.07, 6.45) is 0. The van der Waals surface area contributed by atoms with E-state index in [0.717, 1.165) is 5.56 Å². The van der Waals surface area contributed by atoms with E-state index in [9.17, 15) is 22.8 Å². The molecule has 0 atom stereocenters. The molecule has 0 aromatic heterocycles. The predicted octanol–water partition coefficient (Wildman–Crippen LogP) is 1.56. The van der Waals surface area contributed by atoms with Gasteiger partial charge in [-0.2, -0.15) is 0 Å². The van der Waals surface area contributed by atoms with Crippen LogP contribution in [-0.2, 0) is 19.4 Å². The molecule has 28 heavy (non-hydrogen) atoms. The van der Waals surface area contributed by atoms with E-state index in [1.54, 1.807) is 24.3 Å². The number of carbonyl (C=O) groups is 3. The smallest absolute Gasteiger partial charge is 0.262 e. The van der Waals surface area contributed by atoms with Crippen molar-refractivity contribution in [3.8, 4) is 5.75 Å². The van der Waals surface area contributed by atoms with E-state index in [4.69, 9.17) is 4.74 Å². The number of hydrogen-bond acceptors (Lipinski definition) is 6. The van der Waals surface area contributed by atoms with Crippen molar-refractivity contribution in [1.82, 2.24) is 0 Å². The first kappa shape index (κ1) is 19.6. The van der Waals surface area contributed by atoms with Crippen molar-refractivity contribution in [2.24, 2.45) is 0 Å². The number of carbonyl (C=O) groups excluding carboxylic acids is 3. The monoisotopic (exact) mass is 402 g/mol. The summed E-state index contributed by atoms with van der Waals surface area (Å²) >= 11 is 0. The van der Waals surface area contributed by atoms with Crippen LogP contribution < -0.4 is 15.4 Å². The third-order valence-electron chi connectivity index (χ3n) is 3.97. The van der Waals surface area contributed by atoms with Gasteiger partial charge in [0.1, 0.15) is 17.3 Å². The molecule has 0 spiro atoms. The van der Waals surface area contributed by atoms with Crippen molar-refractivity contribution >= 4 is 38.8 Å². The number of Topliss-reactive ketones (excluding diaryl/α,β-unsaturated/α-hetero) is 1. The molecule has 0 saturated heterocycles. The number of sulfone groups is 1. The van der Waals surface area contributed by atoms with E-state index in [2.05, 4.69) is 10.6 Å². The number of nitrogens with one attached hydrogen (secondary N) is 2. The van der Waals surface area contributed by atoms with E-state index in [1.165, 1.54) is 18.2 Å². The predicted molar refractivity (Wildman–Crippen MR) is 103 cm³/mol. The van der Waals surface area contributed by atoms with E-state index in [1.807, 2.05) is 6.92 Å². The van der Waals surface area contributed by atoms with Gasteiger partial charge in [-0.05, 0) is 37.3 Å². The highest BCUT2D eigenvalue weighted by Crippen LogP contribution is 2.28. The van der Waals surface area contributed by atoms with Crippen molar-refractivity contribution in [2.75, 3.05) is 28.7 Å². The van der Waals surface area contributed by atoms with Gasteiger partial charge in [-0.25, -0.2) is 8.42 Å². The summed E-state index contributed by atoms with van der Waals surface area (Å²) in [4.78, 5) is 35.7. The lowest BCUT2D eigenvalue weighted by atomic mass is 10.1. The molecule has 8 nitrogen and oxygen atoms in total. The summed E-state index contributed by atoms with van der Waals surface area (Å²) in [5.74, 6) is -2.98. The first-order valence-corrected chi connectivity index (χ1v) is 10.2. The van der Waals surface area contributed by atoms with Gasteiger partial charge < -0.3 is 15.4 Å². The lowest BCUT2D eigenvalue weighted by molar-refractivity contribution is -0.118. The summed E-state index contributed by atoms with van der Waals surface area (Å²) in [6, 6.07) is 11.2. The summed E-state index contributed by atoms with van der Waals surface area (Å²) in [5.41, 5.74) is 1.88. The molecule has 0 bridgehead atoms. The molecule has 2 N–H and O–H groups in total. The Morgan fingerprint density at radius 1 is 1.11 bits per heavy atom. The molecular weight excluding hydrogens is 384 g/mol. The van der Waals surface area contributed by atoms with Crippen LogP contribution in [-0.4, -0.2) is 44.1 Å². The van der Waals surface area contributed by atoms with Crippen molar-refractivity contribution in [1.29, 1.82) is 0 Å². The van der Waals surface area contributed by atoms with Crippen LogP contribution >= 0.6 is 0 Å². The lowest BCUT2D eigenvalue weighted by Crippen LogP contribution is -2.28. The van der Waals surface area contributed by atoms with Gasteiger partial charge in [-0.1, -0.05) is 17.7 Å². The Hall–Kier alpha value is -3.20. The maximum Gasteiger partial charge on any atom is 0.262 e. The lowest BCUT2D eigenvalue weighted by Gasteiger charge is -2.18. The molecule has 1 aliphatic rings. The van der Waals surface area contributed by atoms with Crippen molar-refractivity contribution in [3.63, 3.8) is 0 Å². The first-order chi connectivity index (χ1) is 13.2. The molecule has 0 fully saturated rings. The van der Waals surface area contributed by atoms with Gasteiger partial charge in [-0.3, -0.25) is 14.4 Å². The SMILES string of the molecule is Cc1ccc(NC(=O)CS(=O)(=O)CC(=O)c2ccc3c(c2)NC(=O)CO3)cc1.